The number of unbranched alkanes of at least 4 members (excludes halogenated alkanes) is 7. The van der Waals surface area contributed by atoms with Crippen LogP contribution in [0.1, 0.15) is 63.9 Å². The van der Waals surface area contributed by atoms with Crippen molar-refractivity contribution in [3.05, 3.63) is 53.0 Å². The van der Waals surface area contributed by atoms with Crippen molar-refractivity contribution in [1.82, 2.24) is 9.55 Å². The second kappa shape index (κ2) is 14.8. The van der Waals surface area contributed by atoms with Gasteiger partial charge < -0.3 is 14.0 Å². The van der Waals surface area contributed by atoms with Gasteiger partial charge in [-0.2, -0.15) is 0 Å². The minimum absolute atomic E-state index is 0.0203. The normalized spacial score (nSPS) is 12.4. The predicted octanol–water partition coefficient (Wildman–Crippen LogP) is 6.39. The van der Waals surface area contributed by atoms with Crippen LogP contribution in [0.2, 0.25) is 0 Å². The number of nitrogens with zero attached hydrogens (tertiary/aromatic N) is 2. The lowest BCUT2D eigenvalue weighted by molar-refractivity contribution is -0.0333. The Morgan fingerprint density at radius 2 is 1.71 bits per heavy atom. The molecule has 0 N–H and O–H groups in total. The smallest absolute Gasteiger partial charge is 0.0991 e. The summed E-state index contributed by atoms with van der Waals surface area (Å²) in [4.78, 5) is 4.12. The number of hydrogen-bond acceptors (Lipinski definition) is 3. The molecule has 1 aromatic carbocycles. The van der Waals surface area contributed by atoms with E-state index in [-0.39, 0.29) is 6.10 Å². The molecule has 1 aromatic heterocycles. The molecule has 1 atom stereocenters. The van der Waals surface area contributed by atoms with Crippen molar-refractivity contribution in [2.45, 2.75) is 77.5 Å². The Balaban J connectivity index is 1.63. The highest BCUT2D eigenvalue weighted by Crippen LogP contribution is 2.13. The van der Waals surface area contributed by atoms with Crippen LogP contribution >= 0.6 is 15.9 Å². The van der Waals surface area contributed by atoms with Gasteiger partial charge >= 0.3 is 0 Å². The second-order valence-corrected chi connectivity index (χ2v) is 8.28. The van der Waals surface area contributed by atoms with Crippen molar-refractivity contribution in [2.24, 2.45) is 0 Å². The topological polar surface area (TPSA) is 36.3 Å². The predicted molar refractivity (Wildman–Crippen MR) is 118 cm³/mol. The zero-order chi connectivity index (χ0) is 19.9. The maximum Gasteiger partial charge on any atom is 0.0991 e. The van der Waals surface area contributed by atoms with Crippen molar-refractivity contribution in [1.29, 1.82) is 0 Å². The van der Waals surface area contributed by atoms with Gasteiger partial charge in [-0.15, -0.1) is 0 Å². The van der Waals surface area contributed by atoms with Crippen LogP contribution in [0.3, 0.4) is 0 Å². The molecule has 0 aliphatic heterocycles. The summed E-state index contributed by atoms with van der Waals surface area (Å²) in [6, 6.07) is 8.25. The molecule has 0 spiro atoms. The van der Waals surface area contributed by atoms with Crippen LogP contribution in [0.15, 0.2) is 47.5 Å². The molecule has 2 rings (SSSR count). The maximum absolute atomic E-state index is 6.14. The largest absolute Gasteiger partial charge is 0.379 e. The lowest BCUT2D eigenvalue weighted by atomic mass is 10.1. The molecule has 2 aromatic rings. The van der Waals surface area contributed by atoms with Gasteiger partial charge in [0, 0.05) is 23.5 Å². The van der Waals surface area contributed by atoms with E-state index in [1.54, 1.807) is 6.20 Å². The van der Waals surface area contributed by atoms with Crippen molar-refractivity contribution in [3.63, 3.8) is 0 Å². The molecule has 0 aliphatic carbocycles. The van der Waals surface area contributed by atoms with Crippen LogP contribution < -0.4 is 0 Å². The van der Waals surface area contributed by atoms with E-state index in [4.69, 9.17) is 9.47 Å². The van der Waals surface area contributed by atoms with Gasteiger partial charge in [-0.1, -0.05) is 79.9 Å². The van der Waals surface area contributed by atoms with Gasteiger partial charge in [0.25, 0.3) is 0 Å². The number of benzene rings is 1. The first kappa shape index (κ1) is 23.1. The lowest BCUT2D eigenvalue weighted by Crippen LogP contribution is -2.25. The van der Waals surface area contributed by atoms with Gasteiger partial charge in [0.2, 0.25) is 0 Å². The van der Waals surface area contributed by atoms with E-state index in [9.17, 15) is 0 Å². The fraction of sp³-hybridized carbons (Fsp3) is 0.609. The molecule has 0 amide bonds. The van der Waals surface area contributed by atoms with E-state index < -0.39 is 0 Å². The molecule has 0 aliphatic rings. The summed E-state index contributed by atoms with van der Waals surface area (Å²) >= 11 is 3.47. The fourth-order valence-electron chi connectivity index (χ4n) is 3.13. The van der Waals surface area contributed by atoms with Gasteiger partial charge in [0.05, 0.1) is 32.2 Å². The molecule has 1 heterocycles. The summed E-state index contributed by atoms with van der Waals surface area (Å²) in [6.07, 6.45) is 16.2. The first-order valence-corrected chi connectivity index (χ1v) is 11.5. The maximum atomic E-state index is 6.14. The van der Waals surface area contributed by atoms with Crippen LogP contribution in [0.4, 0.5) is 0 Å². The SMILES string of the molecule is CCCCCCCCCCOCC(Cn1ccnc1)OCc1ccc(Br)cc1. The minimum Gasteiger partial charge on any atom is -0.379 e. The summed E-state index contributed by atoms with van der Waals surface area (Å²) in [5.41, 5.74) is 1.17. The number of ether oxygens (including phenoxy) is 2. The average molecular weight is 451 g/mol. The molecule has 5 heteroatoms. The van der Waals surface area contributed by atoms with E-state index in [1.807, 2.05) is 29.2 Å². The Morgan fingerprint density at radius 3 is 2.39 bits per heavy atom. The highest BCUT2D eigenvalue weighted by molar-refractivity contribution is 9.10. The number of rotatable bonds is 16. The number of aromatic nitrogens is 2. The Labute approximate surface area is 178 Å². The summed E-state index contributed by atoms with van der Waals surface area (Å²) in [7, 11) is 0. The zero-order valence-electron chi connectivity index (χ0n) is 17.2. The molecule has 0 bridgehead atoms. The van der Waals surface area contributed by atoms with Crippen LogP contribution in [-0.2, 0) is 22.6 Å². The molecule has 4 nitrogen and oxygen atoms in total. The monoisotopic (exact) mass is 450 g/mol. The first-order chi connectivity index (χ1) is 13.8. The van der Waals surface area contributed by atoms with Crippen LogP contribution in [-0.4, -0.2) is 28.9 Å². The summed E-state index contributed by atoms with van der Waals surface area (Å²) in [6.45, 7) is 5.05. The molecule has 0 fully saturated rings. The van der Waals surface area contributed by atoms with Crippen molar-refractivity contribution < 1.29 is 9.47 Å². The van der Waals surface area contributed by atoms with E-state index in [0.717, 1.165) is 24.0 Å². The number of imidazole rings is 1. The van der Waals surface area contributed by atoms with Crippen LogP contribution in [0.5, 0.6) is 0 Å². The van der Waals surface area contributed by atoms with E-state index >= 15 is 0 Å². The van der Waals surface area contributed by atoms with E-state index in [2.05, 4.69) is 40.0 Å². The molecule has 0 saturated heterocycles. The Hall–Kier alpha value is -1.17. The third kappa shape index (κ3) is 10.4. The van der Waals surface area contributed by atoms with Gasteiger partial charge in [-0.3, -0.25) is 0 Å². The Bertz CT molecular complexity index is 602. The molecule has 0 saturated carbocycles. The quantitative estimate of drug-likeness (QED) is 0.278. The number of hydrogen-bond donors (Lipinski definition) is 0. The third-order valence-electron chi connectivity index (χ3n) is 4.82. The summed E-state index contributed by atoms with van der Waals surface area (Å²) in [5.74, 6) is 0. The lowest BCUT2D eigenvalue weighted by Gasteiger charge is -2.19. The van der Waals surface area contributed by atoms with Crippen LogP contribution in [0.25, 0.3) is 0 Å². The molecule has 156 valence electrons. The van der Waals surface area contributed by atoms with Crippen LogP contribution in [0, 0.1) is 0 Å². The van der Waals surface area contributed by atoms with E-state index in [1.165, 1.54) is 50.5 Å². The molecule has 1 unspecified atom stereocenters. The second-order valence-electron chi connectivity index (χ2n) is 7.37. The average Bonchev–Trinajstić information content (AvgIpc) is 3.21. The van der Waals surface area contributed by atoms with Crippen molar-refractivity contribution in [3.8, 4) is 0 Å². The summed E-state index contributed by atoms with van der Waals surface area (Å²) < 4.78 is 15.2. The van der Waals surface area contributed by atoms with Gasteiger partial charge in [0.15, 0.2) is 0 Å². The Morgan fingerprint density at radius 1 is 1.00 bits per heavy atom. The van der Waals surface area contributed by atoms with Crippen molar-refractivity contribution in [2.75, 3.05) is 13.2 Å². The summed E-state index contributed by atoms with van der Waals surface area (Å²) in [5, 5.41) is 0. The fourth-order valence-corrected chi connectivity index (χ4v) is 3.40. The first-order valence-electron chi connectivity index (χ1n) is 10.7. The van der Waals surface area contributed by atoms with Crippen molar-refractivity contribution >= 4 is 15.9 Å². The van der Waals surface area contributed by atoms with Gasteiger partial charge in [-0.25, -0.2) is 4.98 Å². The molecular weight excluding hydrogens is 416 g/mol. The zero-order valence-corrected chi connectivity index (χ0v) is 18.8. The molecule has 28 heavy (non-hydrogen) atoms. The van der Waals surface area contributed by atoms with Gasteiger partial charge in [-0.05, 0) is 24.1 Å². The minimum atomic E-state index is 0.0203. The highest BCUT2D eigenvalue weighted by Gasteiger charge is 2.11. The van der Waals surface area contributed by atoms with E-state index in [0.29, 0.717) is 13.2 Å². The number of halogens is 1. The van der Waals surface area contributed by atoms with Gasteiger partial charge in [0.1, 0.15) is 0 Å². The third-order valence-corrected chi connectivity index (χ3v) is 5.35. The molecular formula is C23H35BrN2O2. The Kier molecular flexibility index (Phi) is 12.2. The highest BCUT2D eigenvalue weighted by atomic mass is 79.9. The standard InChI is InChI=1S/C23H35BrN2O2/c1-2-3-4-5-6-7-8-9-16-27-19-23(17-26-15-14-25-20-26)28-18-21-10-12-22(24)13-11-21/h10-15,20,23H,2-9,16-19H2,1H3. The molecule has 0 radical (unpaired) electrons.